The highest BCUT2D eigenvalue weighted by atomic mass is 79.9. The van der Waals surface area contributed by atoms with Gasteiger partial charge in [0.25, 0.3) is 0 Å². The SMILES string of the molecule is CCCNC(CCS(C)(=O)=O)c1ccc(F)cc1Br. The molecule has 0 saturated heterocycles. The van der Waals surface area contributed by atoms with Gasteiger partial charge < -0.3 is 5.32 Å². The topological polar surface area (TPSA) is 46.2 Å². The molecular formula is C13H19BrFNO2S. The summed E-state index contributed by atoms with van der Waals surface area (Å²) in [4.78, 5) is 0. The van der Waals surface area contributed by atoms with Crippen molar-refractivity contribution in [1.29, 1.82) is 0 Å². The summed E-state index contributed by atoms with van der Waals surface area (Å²) in [5.74, 6) is -0.203. The van der Waals surface area contributed by atoms with Crippen molar-refractivity contribution < 1.29 is 12.8 Å². The molecule has 1 aromatic rings. The third-order valence-electron chi connectivity index (χ3n) is 2.76. The Labute approximate surface area is 122 Å². The Balaban J connectivity index is 2.88. The Morgan fingerprint density at radius 2 is 2.11 bits per heavy atom. The molecule has 1 aromatic carbocycles. The summed E-state index contributed by atoms with van der Waals surface area (Å²) in [6.45, 7) is 2.83. The molecule has 1 rings (SSSR count). The summed E-state index contributed by atoms with van der Waals surface area (Å²) in [5.41, 5.74) is 0.888. The van der Waals surface area contributed by atoms with Gasteiger partial charge >= 0.3 is 0 Å². The first-order valence-corrected chi connectivity index (χ1v) is 9.05. The molecule has 0 bridgehead atoms. The second kappa shape index (κ2) is 7.36. The molecule has 0 radical (unpaired) electrons. The van der Waals surface area contributed by atoms with Crippen molar-refractivity contribution in [3.05, 3.63) is 34.1 Å². The highest BCUT2D eigenvalue weighted by molar-refractivity contribution is 9.10. The van der Waals surface area contributed by atoms with Gasteiger partial charge in [-0.25, -0.2) is 12.8 Å². The molecule has 1 unspecified atom stereocenters. The minimum absolute atomic E-state index is 0.0929. The fourth-order valence-electron chi connectivity index (χ4n) is 1.80. The van der Waals surface area contributed by atoms with Gasteiger partial charge in [0.1, 0.15) is 15.7 Å². The van der Waals surface area contributed by atoms with Gasteiger partial charge in [-0.05, 0) is 37.1 Å². The molecule has 6 heteroatoms. The van der Waals surface area contributed by atoms with Crippen molar-refractivity contribution in [3.8, 4) is 0 Å². The quantitative estimate of drug-likeness (QED) is 0.820. The van der Waals surface area contributed by atoms with Crippen LogP contribution in [-0.2, 0) is 9.84 Å². The molecule has 0 saturated carbocycles. The number of hydrogen-bond donors (Lipinski definition) is 1. The van der Waals surface area contributed by atoms with Gasteiger partial charge in [-0.2, -0.15) is 0 Å². The largest absolute Gasteiger partial charge is 0.310 e. The highest BCUT2D eigenvalue weighted by Gasteiger charge is 2.16. The normalized spacial score (nSPS) is 13.5. The molecule has 0 amide bonds. The van der Waals surface area contributed by atoms with E-state index in [2.05, 4.69) is 21.2 Å². The lowest BCUT2D eigenvalue weighted by molar-refractivity contribution is 0.510. The van der Waals surface area contributed by atoms with E-state index in [-0.39, 0.29) is 17.6 Å². The fraction of sp³-hybridized carbons (Fsp3) is 0.538. The fourth-order valence-corrected chi connectivity index (χ4v) is 3.09. The molecule has 0 heterocycles. The minimum atomic E-state index is -3.00. The number of sulfone groups is 1. The van der Waals surface area contributed by atoms with Crippen LogP contribution in [0.2, 0.25) is 0 Å². The third-order valence-corrected chi connectivity index (χ3v) is 4.42. The zero-order chi connectivity index (χ0) is 14.5. The number of nitrogens with one attached hydrogen (secondary N) is 1. The van der Waals surface area contributed by atoms with Gasteiger partial charge in [0.05, 0.1) is 5.75 Å². The molecule has 0 aliphatic carbocycles. The lowest BCUT2D eigenvalue weighted by atomic mass is 10.0. The Morgan fingerprint density at radius 1 is 1.42 bits per heavy atom. The summed E-state index contributed by atoms with van der Waals surface area (Å²) >= 11 is 3.33. The van der Waals surface area contributed by atoms with E-state index in [9.17, 15) is 12.8 Å². The molecule has 0 spiro atoms. The second-order valence-electron chi connectivity index (χ2n) is 4.59. The van der Waals surface area contributed by atoms with Crippen molar-refractivity contribution >= 4 is 25.8 Å². The van der Waals surface area contributed by atoms with Crippen LogP contribution in [0, 0.1) is 5.82 Å². The Morgan fingerprint density at radius 3 is 2.63 bits per heavy atom. The summed E-state index contributed by atoms with van der Waals surface area (Å²) in [7, 11) is -3.00. The number of rotatable bonds is 7. The molecule has 0 fully saturated rings. The van der Waals surface area contributed by atoms with Crippen LogP contribution in [0.15, 0.2) is 22.7 Å². The number of benzene rings is 1. The highest BCUT2D eigenvalue weighted by Crippen LogP contribution is 2.27. The van der Waals surface area contributed by atoms with Crippen LogP contribution in [0.3, 0.4) is 0 Å². The maximum atomic E-state index is 13.1. The zero-order valence-electron chi connectivity index (χ0n) is 11.1. The van der Waals surface area contributed by atoms with Gasteiger partial charge in [-0.15, -0.1) is 0 Å². The van der Waals surface area contributed by atoms with Crippen molar-refractivity contribution in [3.63, 3.8) is 0 Å². The van der Waals surface area contributed by atoms with E-state index in [0.29, 0.717) is 10.9 Å². The van der Waals surface area contributed by atoms with Crippen LogP contribution in [-0.4, -0.2) is 27.0 Å². The molecule has 1 atom stereocenters. The maximum Gasteiger partial charge on any atom is 0.147 e. The minimum Gasteiger partial charge on any atom is -0.310 e. The average molecular weight is 352 g/mol. The predicted molar refractivity (Wildman–Crippen MR) is 79.5 cm³/mol. The Hall–Kier alpha value is -0.460. The van der Waals surface area contributed by atoms with E-state index >= 15 is 0 Å². The number of hydrogen-bond acceptors (Lipinski definition) is 3. The molecule has 19 heavy (non-hydrogen) atoms. The van der Waals surface area contributed by atoms with Crippen LogP contribution >= 0.6 is 15.9 Å². The third kappa shape index (κ3) is 6.01. The van der Waals surface area contributed by atoms with Crippen LogP contribution in [0.25, 0.3) is 0 Å². The van der Waals surface area contributed by atoms with Crippen molar-refractivity contribution in [1.82, 2.24) is 5.32 Å². The first kappa shape index (κ1) is 16.6. The first-order chi connectivity index (χ1) is 8.83. The van der Waals surface area contributed by atoms with E-state index in [1.54, 1.807) is 6.07 Å². The van der Waals surface area contributed by atoms with Gasteiger partial charge in [0.15, 0.2) is 0 Å². The Bertz CT molecular complexity index is 519. The molecule has 108 valence electrons. The molecular weight excluding hydrogens is 333 g/mol. The second-order valence-corrected chi connectivity index (χ2v) is 7.71. The lowest BCUT2D eigenvalue weighted by Gasteiger charge is -2.20. The molecule has 0 aliphatic rings. The zero-order valence-corrected chi connectivity index (χ0v) is 13.5. The lowest BCUT2D eigenvalue weighted by Crippen LogP contribution is -2.24. The van der Waals surface area contributed by atoms with Crippen LogP contribution in [0.4, 0.5) is 4.39 Å². The van der Waals surface area contributed by atoms with Gasteiger partial charge in [0.2, 0.25) is 0 Å². The van der Waals surface area contributed by atoms with E-state index in [1.807, 2.05) is 6.92 Å². The monoisotopic (exact) mass is 351 g/mol. The summed E-state index contributed by atoms with van der Waals surface area (Å²) in [6.07, 6.45) is 2.65. The Kier molecular flexibility index (Phi) is 6.42. The smallest absolute Gasteiger partial charge is 0.147 e. The molecule has 3 nitrogen and oxygen atoms in total. The van der Waals surface area contributed by atoms with E-state index < -0.39 is 9.84 Å². The van der Waals surface area contributed by atoms with Crippen molar-refractivity contribution in [2.45, 2.75) is 25.8 Å². The summed E-state index contributed by atoms with van der Waals surface area (Å²) < 4.78 is 36.3. The first-order valence-electron chi connectivity index (χ1n) is 6.19. The van der Waals surface area contributed by atoms with E-state index in [1.165, 1.54) is 18.4 Å². The average Bonchev–Trinajstić information content (AvgIpc) is 2.29. The van der Waals surface area contributed by atoms with Gasteiger partial charge in [-0.3, -0.25) is 0 Å². The van der Waals surface area contributed by atoms with Crippen molar-refractivity contribution in [2.75, 3.05) is 18.6 Å². The molecule has 0 aromatic heterocycles. The van der Waals surface area contributed by atoms with Crippen LogP contribution < -0.4 is 5.32 Å². The summed E-state index contributed by atoms with van der Waals surface area (Å²) in [5, 5.41) is 3.30. The standard InChI is InChI=1S/C13H19BrFNO2S/c1-3-7-16-13(6-8-19(2,17)18)11-5-4-10(15)9-12(11)14/h4-5,9,13,16H,3,6-8H2,1-2H3. The van der Waals surface area contributed by atoms with Crippen LogP contribution in [0.5, 0.6) is 0 Å². The van der Waals surface area contributed by atoms with E-state index in [0.717, 1.165) is 18.5 Å². The van der Waals surface area contributed by atoms with E-state index in [4.69, 9.17) is 0 Å². The maximum absolute atomic E-state index is 13.1. The number of halogens is 2. The van der Waals surface area contributed by atoms with Gasteiger partial charge in [-0.1, -0.05) is 28.9 Å². The summed E-state index contributed by atoms with van der Waals surface area (Å²) in [6, 6.07) is 4.39. The van der Waals surface area contributed by atoms with Crippen molar-refractivity contribution in [2.24, 2.45) is 0 Å². The van der Waals surface area contributed by atoms with Gasteiger partial charge in [0, 0.05) is 16.8 Å². The molecule has 0 aliphatic heterocycles. The predicted octanol–water partition coefficient (Wildman–Crippen LogP) is 3.06. The van der Waals surface area contributed by atoms with Crippen LogP contribution in [0.1, 0.15) is 31.4 Å². The molecule has 1 N–H and O–H groups in total.